The number of nitrogens with one attached hydrogen (secondary N) is 1. The molecular formula is C13H12F3NO3. The van der Waals surface area contributed by atoms with Crippen molar-refractivity contribution in [2.24, 2.45) is 0 Å². The van der Waals surface area contributed by atoms with E-state index >= 15 is 0 Å². The maximum atomic E-state index is 11.9. The zero-order valence-electron chi connectivity index (χ0n) is 10.3. The third kappa shape index (κ3) is 6.03. The summed E-state index contributed by atoms with van der Waals surface area (Å²) < 4.78 is 35.8. The molecule has 0 spiro atoms. The van der Waals surface area contributed by atoms with Crippen LogP contribution in [0.25, 0.3) is 6.08 Å². The second-order valence-corrected chi connectivity index (χ2v) is 3.92. The normalized spacial score (nSPS) is 11.6. The van der Waals surface area contributed by atoms with Gasteiger partial charge in [-0.1, -0.05) is 12.1 Å². The van der Waals surface area contributed by atoms with Crippen LogP contribution in [0.15, 0.2) is 30.3 Å². The summed E-state index contributed by atoms with van der Waals surface area (Å²) in [5.41, 5.74) is 0.635. The highest BCUT2D eigenvalue weighted by Gasteiger charge is 2.26. The lowest BCUT2D eigenvalue weighted by molar-refractivity contribution is -0.133. The molecule has 0 heterocycles. The second kappa shape index (κ2) is 6.74. The number of alkyl halides is 3. The van der Waals surface area contributed by atoms with E-state index < -0.39 is 31.0 Å². The largest absolute Gasteiger partial charge is 0.478 e. The van der Waals surface area contributed by atoms with E-state index in [1.807, 2.05) is 0 Å². The van der Waals surface area contributed by atoms with Gasteiger partial charge in [0.25, 0.3) is 5.91 Å². The van der Waals surface area contributed by atoms with Crippen molar-refractivity contribution in [3.05, 3.63) is 41.5 Å². The van der Waals surface area contributed by atoms with Crippen LogP contribution >= 0.6 is 0 Å². The molecule has 4 nitrogen and oxygen atoms in total. The summed E-state index contributed by atoms with van der Waals surface area (Å²) >= 11 is 0. The van der Waals surface area contributed by atoms with E-state index in [-0.39, 0.29) is 5.56 Å². The molecule has 0 fully saturated rings. The van der Waals surface area contributed by atoms with Gasteiger partial charge in [-0.25, -0.2) is 4.79 Å². The minimum absolute atomic E-state index is 0.166. The van der Waals surface area contributed by atoms with Gasteiger partial charge in [0.1, 0.15) is 0 Å². The van der Waals surface area contributed by atoms with E-state index in [0.717, 1.165) is 6.08 Å². The van der Waals surface area contributed by atoms with Gasteiger partial charge in [0.15, 0.2) is 0 Å². The van der Waals surface area contributed by atoms with E-state index in [1.54, 1.807) is 6.07 Å². The van der Waals surface area contributed by atoms with Gasteiger partial charge >= 0.3 is 12.1 Å². The lowest BCUT2D eigenvalue weighted by atomic mass is 10.1. The van der Waals surface area contributed by atoms with Crippen molar-refractivity contribution in [2.75, 3.05) is 6.54 Å². The predicted molar refractivity (Wildman–Crippen MR) is 66.1 cm³/mol. The molecule has 1 rings (SSSR count). The summed E-state index contributed by atoms with van der Waals surface area (Å²) in [7, 11) is 0. The van der Waals surface area contributed by atoms with Crippen molar-refractivity contribution in [3.63, 3.8) is 0 Å². The molecule has 1 amide bonds. The summed E-state index contributed by atoms with van der Waals surface area (Å²) in [6.45, 7) is -0.502. The number of carboxylic acid groups (broad SMARTS) is 1. The number of carboxylic acids is 1. The van der Waals surface area contributed by atoms with Crippen molar-refractivity contribution in [1.82, 2.24) is 5.32 Å². The van der Waals surface area contributed by atoms with Crippen molar-refractivity contribution >= 4 is 18.0 Å². The predicted octanol–water partition coefficient (Wildman–Crippen LogP) is 2.47. The van der Waals surface area contributed by atoms with Crippen molar-refractivity contribution in [3.8, 4) is 0 Å². The topological polar surface area (TPSA) is 66.4 Å². The first-order valence-electron chi connectivity index (χ1n) is 5.64. The van der Waals surface area contributed by atoms with Crippen LogP contribution in [0.3, 0.4) is 0 Å². The number of hydrogen-bond acceptors (Lipinski definition) is 2. The molecule has 0 unspecified atom stereocenters. The van der Waals surface area contributed by atoms with E-state index in [9.17, 15) is 22.8 Å². The molecule has 1 aromatic rings. The molecule has 0 radical (unpaired) electrons. The Bertz CT molecular complexity index is 524. The quantitative estimate of drug-likeness (QED) is 0.818. The van der Waals surface area contributed by atoms with Gasteiger partial charge in [-0.3, -0.25) is 4.79 Å². The number of benzene rings is 1. The third-order valence-electron chi connectivity index (χ3n) is 2.26. The molecule has 0 aliphatic heterocycles. The Labute approximate surface area is 112 Å². The van der Waals surface area contributed by atoms with Crippen molar-refractivity contribution in [1.29, 1.82) is 0 Å². The SMILES string of the molecule is O=C(O)C=Cc1cccc(C(=O)NCCC(F)(F)F)c1. The van der Waals surface area contributed by atoms with Gasteiger partial charge in [-0.2, -0.15) is 13.2 Å². The van der Waals surface area contributed by atoms with E-state index in [4.69, 9.17) is 5.11 Å². The lowest BCUT2D eigenvalue weighted by Crippen LogP contribution is -2.27. The maximum absolute atomic E-state index is 11.9. The van der Waals surface area contributed by atoms with Gasteiger partial charge < -0.3 is 10.4 Å². The zero-order chi connectivity index (χ0) is 15.2. The fourth-order valence-electron chi connectivity index (χ4n) is 1.37. The smallest absolute Gasteiger partial charge is 0.390 e. The van der Waals surface area contributed by atoms with E-state index in [2.05, 4.69) is 5.32 Å². The Morgan fingerprint density at radius 3 is 2.60 bits per heavy atom. The molecule has 1 aromatic carbocycles. The fraction of sp³-hybridized carbons (Fsp3) is 0.231. The summed E-state index contributed by atoms with van der Waals surface area (Å²) in [5.74, 6) is -1.77. The molecular weight excluding hydrogens is 275 g/mol. The number of carbonyl (C=O) groups excluding carboxylic acids is 1. The highest BCUT2D eigenvalue weighted by atomic mass is 19.4. The van der Waals surface area contributed by atoms with E-state index in [1.165, 1.54) is 24.3 Å². The molecule has 2 N–H and O–H groups in total. The molecule has 20 heavy (non-hydrogen) atoms. The third-order valence-corrected chi connectivity index (χ3v) is 2.26. The minimum Gasteiger partial charge on any atom is -0.478 e. The monoisotopic (exact) mass is 287 g/mol. The van der Waals surface area contributed by atoms with Crippen LogP contribution in [0.1, 0.15) is 22.3 Å². The summed E-state index contributed by atoms with van der Waals surface area (Å²) in [5, 5.41) is 10.6. The molecule has 7 heteroatoms. The summed E-state index contributed by atoms with van der Waals surface area (Å²) in [6, 6.07) is 5.91. The van der Waals surface area contributed by atoms with Gasteiger partial charge in [0.2, 0.25) is 0 Å². The number of amides is 1. The standard InChI is InChI=1S/C13H12F3NO3/c14-13(15,16)6-7-17-12(20)10-3-1-2-9(8-10)4-5-11(18)19/h1-5,8H,6-7H2,(H,17,20)(H,18,19). The van der Waals surface area contributed by atoms with Crippen LogP contribution < -0.4 is 5.32 Å². The summed E-state index contributed by atoms with van der Waals surface area (Å²) in [4.78, 5) is 22.0. The van der Waals surface area contributed by atoms with E-state index in [0.29, 0.717) is 5.56 Å². The Balaban J connectivity index is 2.65. The fourth-order valence-corrected chi connectivity index (χ4v) is 1.37. The molecule has 0 saturated carbocycles. The van der Waals surface area contributed by atoms with Gasteiger partial charge in [-0.05, 0) is 23.8 Å². The number of carbonyl (C=O) groups is 2. The number of rotatable bonds is 5. The van der Waals surface area contributed by atoms with Gasteiger partial charge in [0.05, 0.1) is 6.42 Å². The molecule has 0 atom stereocenters. The maximum Gasteiger partial charge on any atom is 0.390 e. The van der Waals surface area contributed by atoms with Gasteiger partial charge in [-0.15, -0.1) is 0 Å². The van der Waals surface area contributed by atoms with Crippen LogP contribution in [0, 0.1) is 0 Å². The molecule has 0 aliphatic carbocycles. The first kappa shape index (κ1) is 15.7. The van der Waals surface area contributed by atoms with Crippen molar-refractivity contribution in [2.45, 2.75) is 12.6 Å². The van der Waals surface area contributed by atoms with Crippen LogP contribution in [0.4, 0.5) is 13.2 Å². The average molecular weight is 287 g/mol. The highest BCUT2D eigenvalue weighted by molar-refractivity contribution is 5.95. The zero-order valence-corrected chi connectivity index (χ0v) is 10.3. The van der Waals surface area contributed by atoms with Gasteiger partial charge in [0, 0.05) is 18.2 Å². The van der Waals surface area contributed by atoms with Crippen molar-refractivity contribution < 1.29 is 27.9 Å². The minimum atomic E-state index is -4.32. The van der Waals surface area contributed by atoms with Crippen LogP contribution in [0.2, 0.25) is 0 Å². The second-order valence-electron chi connectivity index (χ2n) is 3.92. The number of halogens is 3. The first-order chi connectivity index (χ1) is 9.28. The molecule has 0 saturated heterocycles. The Hall–Kier alpha value is -2.31. The summed E-state index contributed by atoms with van der Waals surface area (Å²) in [6.07, 6.45) is -3.23. The number of aliphatic carboxylic acids is 1. The lowest BCUT2D eigenvalue weighted by Gasteiger charge is -2.08. The van der Waals surface area contributed by atoms with Crippen LogP contribution in [-0.4, -0.2) is 29.7 Å². The molecule has 0 bridgehead atoms. The molecule has 0 aromatic heterocycles. The Morgan fingerprint density at radius 1 is 1.30 bits per heavy atom. The molecule has 0 aliphatic rings. The van der Waals surface area contributed by atoms with Crippen LogP contribution in [0.5, 0.6) is 0 Å². The van der Waals surface area contributed by atoms with Crippen LogP contribution in [-0.2, 0) is 4.79 Å². The molecule has 108 valence electrons. The first-order valence-corrected chi connectivity index (χ1v) is 5.64. The number of hydrogen-bond donors (Lipinski definition) is 2. The Morgan fingerprint density at radius 2 is 2.00 bits per heavy atom. The Kier molecular flexibility index (Phi) is 5.31. The highest BCUT2D eigenvalue weighted by Crippen LogP contribution is 2.18. The average Bonchev–Trinajstić information content (AvgIpc) is 2.35.